The molecule has 0 atom stereocenters. The second-order valence-corrected chi connectivity index (χ2v) is 5.94. The largest absolute Gasteiger partial charge is 0.422 e. The van der Waals surface area contributed by atoms with Crippen molar-refractivity contribution < 1.29 is 4.42 Å². The lowest BCUT2D eigenvalue weighted by Crippen LogP contribution is -2.02. The van der Waals surface area contributed by atoms with Crippen LogP contribution < -0.4 is 5.63 Å². The molecular weight excluding hydrogens is 371 g/mol. The molecule has 2 nitrogen and oxygen atoms in total. The van der Waals surface area contributed by atoms with E-state index in [2.05, 4.69) is 35.2 Å². The molecule has 0 N–H and O–H groups in total. The first-order chi connectivity index (χ1) is 9.13. The number of benzene rings is 2. The van der Waals surface area contributed by atoms with E-state index in [0.29, 0.717) is 11.1 Å². The standard InChI is InChI=1S/C15H9IO2S/c16-11-4-1-10-7-13(15(17)18-14(10)8-11)9-2-5-12(19)6-3-9/h1-8,19H. The van der Waals surface area contributed by atoms with Crippen LogP contribution in [0.15, 0.2) is 62.6 Å². The molecule has 0 fully saturated rings. The fraction of sp³-hybridized carbons (Fsp3) is 0. The van der Waals surface area contributed by atoms with E-state index in [0.717, 1.165) is 19.4 Å². The van der Waals surface area contributed by atoms with Gasteiger partial charge in [0.05, 0.1) is 5.56 Å². The summed E-state index contributed by atoms with van der Waals surface area (Å²) < 4.78 is 6.42. The molecule has 4 heteroatoms. The smallest absolute Gasteiger partial charge is 0.344 e. The predicted molar refractivity (Wildman–Crippen MR) is 87.9 cm³/mol. The van der Waals surface area contributed by atoms with Crippen molar-refractivity contribution in [3.05, 3.63) is 62.5 Å². The Hall–Kier alpha value is -1.27. The molecule has 94 valence electrons. The average Bonchev–Trinajstić information content (AvgIpc) is 2.39. The zero-order valence-corrected chi connectivity index (χ0v) is 12.8. The van der Waals surface area contributed by atoms with Gasteiger partial charge in [-0.05, 0) is 58.5 Å². The normalized spacial score (nSPS) is 10.8. The van der Waals surface area contributed by atoms with E-state index in [9.17, 15) is 4.79 Å². The Balaban J connectivity index is 2.24. The van der Waals surface area contributed by atoms with E-state index in [4.69, 9.17) is 4.42 Å². The van der Waals surface area contributed by atoms with Crippen molar-refractivity contribution in [3.63, 3.8) is 0 Å². The van der Waals surface area contributed by atoms with Crippen LogP contribution in [0.3, 0.4) is 0 Å². The Labute approximate surface area is 129 Å². The Morgan fingerprint density at radius 3 is 2.47 bits per heavy atom. The van der Waals surface area contributed by atoms with Crippen LogP contribution in [0.2, 0.25) is 0 Å². The highest BCUT2D eigenvalue weighted by Gasteiger charge is 2.07. The van der Waals surface area contributed by atoms with E-state index < -0.39 is 0 Å². The number of rotatable bonds is 1. The molecule has 3 aromatic rings. The quantitative estimate of drug-likeness (QED) is 0.387. The maximum atomic E-state index is 12.0. The van der Waals surface area contributed by atoms with Gasteiger partial charge in [0, 0.05) is 13.9 Å². The van der Waals surface area contributed by atoms with Gasteiger partial charge < -0.3 is 4.42 Å². The first-order valence-corrected chi connectivity index (χ1v) is 7.19. The molecular formula is C15H9IO2S. The minimum Gasteiger partial charge on any atom is -0.422 e. The van der Waals surface area contributed by atoms with Gasteiger partial charge in [-0.15, -0.1) is 12.6 Å². The topological polar surface area (TPSA) is 30.2 Å². The number of thiol groups is 1. The van der Waals surface area contributed by atoms with Gasteiger partial charge in [0.1, 0.15) is 5.58 Å². The second-order valence-electron chi connectivity index (χ2n) is 4.18. The second kappa shape index (κ2) is 5.02. The summed E-state index contributed by atoms with van der Waals surface area (Å²) in [5.41, 5.74) is 1.71. The Bertz CT molecular complexity index is 806. The molecule has 0 amide bonds. The van der Waals surface area contributed by atoms with Gasteiger partial charge in [-0.2, -0.15) is 0 Å². The summed E-state index contributed by atoms with van der Waals surface area (Å²) in [6, 6.07) is 15.1. The lowest BCUT2D eigenvalue weighted by Gasteiger charge is -2.03. The van der Waals surface area contributed by atoms with Crippen molar-refractivity contribution in [1.29, 1.82) is 0 Å². The molecule has 0 radical (unpaired) electrons. The van der Waals surface area contributed by atoms with Crippen molar-refractivity contribution in [3.8, 4) is 11.1 Å². The first-order valence-electron chi connectivity index (χ1n) is 5.66. The maximum absolute atomic E-state index is 12.0. The van der Waals surface area contributed by atoms with E-state index >= 15 is 0 Å². The average molecular weight is 380 g/mol. The van der Waals surface area contributed by atoms with Gasteiger partial charge in [-0.1, -0.05) is 18.2 Å². The molecule has 1 heterocycles. The molecule has 3 rings (SSSR count). The molecule has 0 spiro atoms. The molecule has 0 bridgehead atoms. The third-order valence-electron chi connectivity index (χ3n) is 2.88. The van der Waals surface area contributed by atoms with Crippen LogP contribution in [0.1, 0.15) is 0 Å². The van der Waals surface area contributed by atoms with E-state index in [1.54, 1.807) is 0 Å². The molecule has 0 aliphatic rings. The highest BCUT2D eigenvalue weighted by Crippen LogP contribution is 2.23. The number of fused-ring (bicyclic) bond motifs is 1. The molecule has 0 saturated carbocycles. The minimum absolute atomic E-state index is 0.318. The zero-order chi connectivity index (χ0) is 13.4. The third-order valence-corrected chi connectivity index (χ3v) is 3.85. The summed E-state index contributed by atoms with van der Waals surface area (Å²) >= 11 is 6.43. The van der Waals surface area contributed by atoms with E-state index in [1.807, 2.05) is 48.5 Å². The molecule has 0 aliphatic heterocycles. The highest BCUT2D eigenvalue weighted by molar-refractivity contribution is 14.1. The molecule has 2 aromatic carbocycles. The fourth-order valence-corrected chi connectivity index (χ4v) is 2.54. The molecule has 1 aromatic heterocycles. The van der Waals surface area contributed by atoms with Crippen LogP contribution in [0.25, 0.3) is 22.1 Å². The van der Waals surface area contributed by atoms with Gasteiger partial charge in [-0.25, -0.2) is 4.79 Å². The summed E-state index contributed by atoms with van der Waals surface area (Å²) in [4.78, 5) is 12.9. The monoisotopic (exact) mass is 380 g/mol. The Kier molecular flexibility index (Phi) is 3.36. The summed E-state index contributed by atoms with van der Waals surface area (Å²) in [6.07, 6.45) is 0. The third kappa shape index (κ3) is 2.55. The fourth-order valence-electron chi connectivity index (χ4n) is 1.93. The molecule has 19 heavy (non-hydrogen) atoms. The van der Waals surface area contributed by atoms with Crippen molar-refractivity contribution >= 4 is 46.2 Å². The summed E-state index contributed by atoms with van der Waals surface area (Å²) in [7, 11) is 0. The maximum Gasteiger partial charge on any atom is 0.344 e. The highest BCUT2D eigenvalue weighted by atomic mass is 127. The molecule has 0 aliphatic carbocycles. The van der Waals surface area contributed by atoms with E-state index in [1.165, 1.54) is 0 Å². The first kappa shape index (κ1) is 12.7. The SMILES string of the molecule is O=c1oc2cc(I)ccc2cc1-c1ccc(S)cc1. The van der Waals surface area contributed by atoms with Crippen LogP contribution in [-0.4, -0.2) is 0 Å². The molecule has 0 saturated heterocycles. The van der Waals surface area contributed by atoms with Crippen molar-refractivity contribution in [2.24, 2.45) is 0 Å². The lowest BCUT2D eigenvalue weighted by molar-refractivity contribution is 0.563. The van der Waals surface area contributed by atoms with Crippen LogP contribution in [-0.2, 0) is 0 Å². The van der Waals surface area contributed by atoms with Crippen LogP contribution in [0, 0.1) is 3.57 Å². The van der Waals surface area contributed by atoms with Crippen LogP contribution in [0.5, 0.6) is 0 Å². The lowest BCUT2D eigenvalue weighted by atomic mass is 10.1. The van der Waals surface area contributed by atoms with Crippen LogP contribution in [0.4, 0.5) is 0 Å². The van der Waals surface area contributed by atoms with Crippen molar-refractivity contribution in [2.45, 2.75) is 4.90 Å². The van der Waals surface area contributed by atoms with Gasteiger partial charge in [0.15, 0.2) is 0 Å². The summed E-state index contributed by atoms with van der Waals surface area (Å²) in [5, 5.41) is 0.921. The zero-order valence-electron chi connectivity index (χ0n) is 9.76. The van der Waals surface area contributed by atoms with Gasteiger partial charge in [0.2, 0.25) is 0 Å². The van der Waals surface area contributed by atoms with Crippen LogP contribution >= 0.6 is 35.2 Å². The molecule has 0 unspecified atom stereocenters. The Morgan fingerprint density at radius 2 is 1.74 bits per heavy atom. The number of hydrogen-bond acceptors (Lipinski definition) is 3. The minimum atomic E-state index is -0.318. The van der Waals surface area contributed by atoms with Gasteiger partial charge in [0.25, 0.3) is 0 Å². The summed E-state index contributed by atoms with van der Waals surface area (Å²) in [6.45, 7) is 0. The Morgan fingerprint density at radius 1 is 1.00 bits per heavy atom. The van der Waals surface area contributed by atoms with Gasteiger partial charge in [-0.3, -0.25) is 0 Å². The predicted octanol–water partition coefficient (Wildman–Crippen LogP) is 4.35. The number of hydrogen-bond donors (Lipinski definition) is 1. The van der Waals surface area contributed by atoms with Gasteiger partial charge >= 0.3 is 5.63 Å². The van der Waals surface area contributed by atoms with E-state index in [-0.39, 0.29) is 5.63 Å². The van der Waals surface area contributed by atoms with Crippen molar-refractivity contribution in [2.75, 3.05) is 0 Å². The number of halogens is 1. The summed E-state index contributed by atoms with van der Waals surface area (Å²) in [5.74, 6) is 0. The van der Waals surface area contributed by atoms with Crippen molar-refractivity contribution in [1.82, 2.24) is 0 Å².